The summed E-state index contributed by atoms with van der Waals surface area (Å²) in [6.07, 6.45) is 2.74. The lowest BCUT2D eigenvalue weighted by molar-refractivity contribution is -0.190. The second-order valence-corrected chi connectivity index (χ2v) is 21.4. The fraction of sp³-hybridized carbons (Fsp3) is 0.885. The first-order valence-corrected chi connectivity index (χ1v) is 17.0. The Kier molecular flexibility index (Phi) is 7.63. The summed E-state index contributed by atoms with van der Waals surface area (Å²) in [5, 5.41) is 0. The number of carbonyl (C=O) groups is 1. The summed E-state index contributed by atoms with van der Waals surface area (Å²) in [5.41, 5.74) is 0.664. The highest BCUT2D eigenvalue weighted by molar-refractivity contribution is 6.84. The van der Waals surface area contributed by atoms with E-state index in [0.29, 0.717) is 13.0 Å². The predicted octanol–water partition coefficient (Wildman–Crippen LogP) is 6.39. The number of hydrogen-bond acceptors (Lipinski definition) is 6. The van der Waals surface area contributed by atoms with Crippen molar-refractivity contribution in [3.8, 4) is 0 Å². The molecular formula is C26H48O6Si2. The number of fused-ring (bicyclic) bond motifs is 2. The molecule has 196 valence electrons. The van der Waals surface area contributed by atoms with Gasteiger partial charge >= 0.3 is 17.1 Å². The molecule has 2 saturated heterocycles. The van der Waals surface area contributed by atoms with Crippen LogP contribution in [-0.4, -0.2) is 53.6 Å². The molecule has 0 radical (unpaired) electrons. The van der Waals surface area contributed by atoms with Crippen LogP contribution in [0, 0.1) is 5.41 Å². The van der Waals surface area contributed by atoms with Crippen molar-refractivity contribution in [2.24, 2.45) is 5.41 Å². The summed E-state index contributed by atoms with van der Waals surface area (Å²) < 4.78 is 35.0. The highest BCUT2D eigenvalue weighted by atomic mass is 28.5. The Balaban J connectivity index is 2.35. The smallest absolute Gasteiger partial charge is 0.335 e. The van der Waals surface area contributed by atoms with Crippen molar-refractivity contribution in [1.29, 1.82) is 0 Å². The van der Waals surface area contributed by atoms with Crippen molar-refractivity contribution in [3.05, 3.63) is 11.6 Å². The molecule has 0 bridgehead atoms. The van der Waals surface area contributed by atoms with E-state index < -0.39 is 40.0 Å². The van der Waals surface area contributed by atoms with Crippen LogP contribution in [0.25, 0.3) is 0 Å². The van der Waals surface area contributed by atoms with Gasteiger partial charge in [0.25, 0.3) is 0 Å². The molecule has 8 heteroatoms. The molecule has 34 heavy (non-hydrogen) atoms. The third-order valence-electron chi connectivity index (χ3n) is 8.50. The van der Waals surface area contributed by atoms with E-state index in [4.69, 9.17) is 22.4 Å². The average Bonchev–Trinajstić information content (AvgIpc) is 2.90. The van der Waals surface area contributed by atoms with Gasteiger partial charge in [-0.1, -0.05) is 67.9 Å². The molecule has 0 saturated carbocycles. The standard InChI is InChI=1S/C26H48O6Si2/c1-17(2)33(18(3)4)29-22-23(30-34(32-33,19(5)6)20(7)8)26(16-28-24(10,11)31-26)15-21(9)25(22,12)13-14-27/h14-15,17-20,22-23H,13,16H2,1-12H3. The third-order valence-corrected chi connectivity index (χ3v) is 18.7. The first-order valence-electron chi connectivity index (χ1n) is 13.1. The molecular weight excluding hydrogens is 464 g/mol. The summed E-state index contributed by atoms with van der Waals surface area (Å²) in [4.78, 5) is 12.0. The molecule has 2 aliphatic heterocycles. The van der Waals surface area contributed by atoms with Crippen LogP contribution in [0.4, 0.5) is 0 Å². The first kappa shape index (κ1) is 28.2. The zero-order valence-corrected chi connectivity index (χ0v) is 25.5. The molecule has 4 atom stereocenters. The van der Waals surface area contributed by atoms with Gasteiger partial charge in [-0.2, -0.15) is 0 Å². The van der Waals surface area contributed by atoms with Crippen molar-refractivity contribution in [1.82, 2.24) is 0 Å². The number of ether oxygens (including phenoxy) is 2. The fourth-order valence-corrected chi connectivity index (χ4v) is 17.7. The van der Waals surface area contributed by atoms with Crippen LogP contribution in [0.3, 0.4) is 0 Å². The van der Waals surface area contributed by atoms with E-state index in [1.54, 1.807) is 0 Å². The van der Waals surface area contributed by atoms with Crippen molar-refractivity contribution < 1.29 is 27.2 Å². The van der Waals surface area contributed by atoms with Crippen LogP contribution in [0.2, 0.25) is 22.2 Å². The Morgan fingerprint density at radius 2 is 1.38 bits per heavy atom. The minimum absolute atomic E-state index is 0.218. The normalized spacial score (nSPS) is 36.8. The van der Waals surface area contributed by atoms with Crippen LogP contribution < -0.4 is 0 Å². The number of rotatable bonds is 6. The molecule has 3 aliphatic rings. The minimum atomic E-state index is -2.82. The maximum atomic E-state index is 12.0. The molecule has 2 fully saturated rings. The van der Waals surface area contributed by atoms with E-state index in [2.05, 4.69) is 75.3 Å². The first-order chi connectivity index (χ1) is 15.5. The monoisotopic (exact) mass is 512 g/mol. The summed E-state index contributed by atoms with van der Waals surface area (Å²) >= 11 is 0. The Morgan fingerprint density at radius 1 is 0.912 bits per heavy atom. The molecule has 0 amide bonds. The van der Waals surface area contributed by atoms with Crippen LogP contribution >= 0.6 is 0 Å². The predicted molar refractivity (Wildman–Crippen MR) is 139 cm³/mol. The summed E-state index contributed by atoms with van der Waals surface area (Å²) in [5.74, 6) is -0.735. The Morgan fingerprint density at radius 3 is 1.76 bits per heavy atom. The zero-order chi connectivity index (χ0) is 25.9. The summed E-state index contributed by atoms with van der Waals surface area (Å²) in [6.45, 7) is 26.3. The maximum absolute atomic E-state index is 12.0. The van der Waals surface area contributed by atoms with Gasteiger partial charge in [-0.3, -0.25) is 0 Å². The van der Waals surface area contributed by atoms with E-state index in [0.717, 1.165) is 11.9 Å². The molecule has 3 rings (SSSR count). The average molecular weight is 513 g/mol. The fourth-order valence-electron chi connectivity index (χ4n) is 6.29. The van der Waals surface area contributed by atoms with Crippen LogP contribution in [0.5, 0.6) is 0 Å². The molecule has 4 unspecified atom stereocenters. The quantitative estimate of drug-likeness (QED) is 0.233. The number of hydrogen-bond donors (Lipinski definition) is 0. The van der Waals surface area contributed by atoms with Crippen LogP contribution in [-0.2, 0) is 27.2 Å². The highest BCUT2D eigenvalue weighted by Gasteiger charge is 2.69. The van der Waals surface area contributed by atoms with Crippen LogP contribution in [0.1, 0.15) is 89.5 Å². The van der Waals surface area contributed by atoms with E-state index in [9.17, 15) is 4.79 Å². The Labute approximate surface area is 209 Å². The minimum Gasteiger partial charge on any atom is -0.414 e. The zero-order valence-electron chi connectivity index (χ0n) is 23.5. The van der Waals surface area contributed by atoms with Gasteiger partial charge in [-0.05, 0) is 49.0 Å². The summed E-state index contributed by atoms with van der Waals surface area (Å²) in [6, 6.07) is 0. The molecule has 0 aromatic rings. The Hall–Kier alpha value is -0.356. The lowest BCUT2D eigenvalue weighted by Crippen LogP contribution is -2.64. The Bertz CT molecular complexity index is 791. The number of carbonyl (C=O) groups excluding carboxylic acids is 1. The van der Waals surface area contributed by atoms with Crippen molar-refractivity contribution in [2.75, 3.05) is 6.61 Å². The topological polar surface area (TPSA) is 63.2 Å². The van der Waals surface area contributed by atoms with Gasteiger partial charge in [-0.25, -0.2) is 0 Å². The molecule has 2 heterocycles. The van der Waals surface area contributed by atoms with Gasteiger partial charge in [0.2, 0.25) is 0 Å². The summed E-state index contributed by atoms with van der Waals surface area (Å²) in [7, 11) is -5.63. The van der Waals surface area contributed by atoms with Gasteiger partial charge in [0.15, 0.2) is 5.79 Å². The molecule has 1 spiro atoms. The van der Waals surface area contributed by atoms with Gasteiger partial charge in [-0.15, -0.1) is 0 Å². The van der Waals surface area contributed by atoms with Gasteiger partial charge < -0.3 is 27.2 Å². The van der Waals surface area contributed by atoms with E-state index in [1.807, 2.05) is 13.8 Å². The van der Waals surface area contributed by atoms with E-state index >= 15 is 0 Å². The second kappa shape index (κ2) is 9.19. The highest BCUT2D eigenvalue weighted by Crippen LogP contribution is 2.57. The van der Waals surface area contributed by atoms with E-state index in [-0.39, 0.29) is 28.3 Å². The molecule has 1 aliphatic carbocycles. The number of aldehydes is 1. The van der Waals surface area contributed by atoms with Crippen LogP contribution in [0.15, 0.2) is 11.6 Å². The van der Waals surface area contributed by atoms with E-state index in [1.165, 1.54) is 0 Å². The van der Waals surface area contributed by atoms with Crippen molar-refractivity contribution in [3.63, 3.8) is 0 Å². The van der Waals surface area contributed by atoms with Gasteiger partial charge in [0.1, 0.15) is 18.0 Å². The molecule has 0 aromatic carbocycles. The largest absolute Gasteiger partial charge is 0.414 e. The lowest BCUT2D eigenvalue weighted by Gasteiger charge is -2.52. The molecule has 0 aromatic heterocycles. The molecule has 0 N–H and O–H groups in total. The third kappa shape index (κ3) is 4.25. The van der Waals surface area contributed by atoms with Gasteiger partial charge in [0, 0.05) is 11.8 Å². The maximum Gasteiger partial charge on any atom is 0.335 e. The second-order valence-electron chi connectivity index (χ2n) is 12.6. The lowest BCUT2D eigenvalue weighted by atomic mass is 9.65. The SMILES string of the molecule is CC1=CC2(COC(C)(C)O2)C2O[Si](C(C)C)(C(C)C)O[Si](C(C)C)(C(C)C)OC2C1(C)CC=O. The van der Waals surface area contributed by atoms with Crippen molar-refractivity contribution >= 4 is 23.4 Å². The van der Waals surface area contributed by atoms with Crippen molar-refractivity contribution in [2.45, 2.75) is 135 Å². The molecule has 6 nitrogen and oxygen atoms in total. The van der Waals surface area contributed by atoms with Gasteiger partial charge in [0.05, 0.1) is 12.7 Å².